The van der Waals surface area contributed by atoms with Gasteiger partial charge in [0.15, 0.2) is 6.61 Å². The predicted molar refractivity (Wildman–Crippen MR) is 110 cm³/mol. The molecular weight excluding hydrogens is 410 g/mol. The van der Waals surface area contributed by atoms with Crippen LogP contribution in [0.2, 0.25) is 0 Å². The first-order valence-electron chi connectivity index (χ1n) is 9.03. The Balaban J connectivity index is 1.91. The smallest absolute Gasteiger partial charge is 0.329 e. The summed E-state index contributed by atoms with van der Waals surface area (Å²) < 4.78 is 27.5. The first kappa shape index (κ1) is 23.0. The fraction of sp³-hybridized carbons (Fsp3) is 0.250. The molecule has 9 nitrogen and oxygen atoms in total. The second-order valence-corrected chi connectivity index (χ2v) is 8.35. The van der Waals surface area contributed by atoms with E-state index in [-0.39, 0.29) is 10.8 Å². The minimum absolute atomic E-state index is 0.0964. The van der Waals surface area contributed by atoms with E-state index in [9.17, 15) is 22.8 Å². The lowest BCUT2D eigenvalue weighted by Crippen LogP contribution is -2.45. The van der Waals surface area contributed by atoms with Crippen molar-refractivity contribution in [1.29, 1.82) is 0 Å². The van der Waals surface area contributed by atoms with Crippen molar-refractivity contribution in [3.63, 3.8) is 0 Å². The summed E-state index contributed by atoms with van der Waals surface area (Å²) in [5.41, 5.74) is 0.706. The van der Waals surface area contributed by atoms with Crippen LogP contribution in [-0.4, -0.2) is 38.9 Å². The highest BCUT2D eigenvalue weighted by Gasteiger charge is 2.26. The van der Waals surface area contributed by atoms with Crippen LogP contribution in [0.5, 0.6) is 0 Å². The normalized spacial score (nSPS) is 12.1. The van der Waals surface area contributed by atoms with E-state index in [1.165, 1.54) is 24.3 Å². The van der Waals surface area contributed by atoms with Crippen LogP contribution in [0.4, 0.5) is 5.69 Å². The molecule has 10 heteroatoms. The maximum absolute atomic E-state index is 12.4. The highest BCUT2D eigenvalue weighted by molar-refractivity contribution is 7.89. The van der Waals surface area contributed by atoms with E-state index in [0.29, 0.717) is 11.3 Å². The molecule has 160 valence electrons. The van der Waals surface area contributed by atoms with Crippen LogP contribution in [0.1, 0.15) is 24.2 Å². The van der Waals surface area contributed by atoms with Gasteiger partial charge >= 0.3 is 5.97 Å². The number of amides is 2. The Bertz CT molecular complexity index is 1000. The SMILES string of the molecule is CC(C)C(NC(=O)c1ccccc1)C(=O)OCC(=O)Nc1ccc(S(N)(=O)=O)cc1. The number of nitrogens with two attached hydrogens (primary N) is 1. The van der Waals surface area contributed by atoms with Crippen LogP contribution < -0.4 is 15.8 Å². The van der Waals surface area contributed by atoms with Gasteiger partial charge in [0.1, 0.15) is 6.04 Å². The van der Waals surface area contributed by atoms with Crippen LogP contribution in [0.3, 0.4) is 0 Å². The molecule has 0 saturated heterocycles. The Kier molecular flexibility index (Phi) is 7.67. The first-order valence-corrected chi connectivity index (χ1v) is 10.6. The van der Waals surface area contributed by atoms with Gasteiger partial charge in [0.25, 0.3) is 11.8 Å². The number of anilines is 1. The Morgan fingerprint density at radius 1 is 1.00 bits per heavy atom. The maximum atomic E-state index is 12.4. The van der Waals surface area contributed by atoms with Gasteiger partial charge in [-0.25, -0.2) is 18.4 Å². The second kappa shape index (κ2) is 9.99. The fourth-order valence-corrected chi connectivity index (χ4v) is 2.98. The molecule has 2 aromatic carbocycles. The summed E-state index contributed by atoms with van der Waals surface area (Å²) in [5, 5.41) is 10.1. The highest BCUT2D eigenvalue weighted by atomic mass is 32.2. The Morgan fingerprint density at radius 3 is 2.13 bits per heavy atom. The summed E-state index contributed by atoms with van der Waals surface area (Å²) in [7, 11) is -3.83. The summed E-state index contributed by atoms with van der Waals surface area (Å²) >= 11 is 0. The Hall–Kier alpha value is -3.24. The van der Waals surface area contributed by atoms with Crippen molar-refractivity contribution in [3.05, 3.63) is 60.2 Å². The third-order valence-electron chi connectivity index (χ3n) is 4.06. The third kappa shape index (κ3) is 6.68. The topological polar surface area (TPSA) is 145 Å². The summed E-state index contributed by atoms with van der Waals surface area (Å²) in [4.78, 5) is 36.6. The first-order chi connectivity index (χ1) is 14.1. The molecule has 0 saturated carbocycles. The number of esters is 1. The second-order valence-electron chi connectivity index (χ2n) is 6.79. The van der Waals surface area contributed by atoms with Gasteiger partial charge in [-0.05, 0) is 42.3 Å². The van der Waals surface area contributed by atoms with Crippen LogP contribution in [-0.2, 0) is 24.3 Å². The summed E-state index contributed by atoms with van der Waals surface area (Å²) in [5.74, 6) is -2.05. The highest BCUT2D eigenvalue weighted by Crippen LogP contribution is 2.13. The zero-order chi connectivity index (χ0) is 22.3. The predicted octanol–water partition coefficient (Wildman–Crippen LogP) is 1.27. The number of sulfonamides is 1. The molecule has 0 heterocycles. The van der Waals surface area contributed by atoms with E-state index >= 15 is 0 Å². The van der Waals surface area contributed by atoms with Crippen molar-refractivity contribution in [2.24, 2.45) is 11.1 Å². The van der Waals surface area contributed by atoms with Gasteiger partial charge in [-0.2, -0.15) is 0 Å². The summed E-state index contributed by atoms with van der Waals surface area (Å²) in [6, 6.07) is 12.7. The number of ether oxygens (including phenoxy) is 1. The Morgan fingerprint density at radius 2 is 1.60 bits per heavy atom. The molecule has 2 aromatic rings. The number of nitrogens with one attached hydrogen (secondary N) is 2. The van der Waals surface area contributed by atoms with E-state index in [4.69, 9.17) is 9.88 Å². The van der Waals surface area contributed by atoms with Crippen molar-refractivity contribution < 1.29 is 27.5 Å². The molecule has 1 unspecified atom stereocenters. The van der Waals surface area contributed by atoms with Crippen molar-refractivity contribution >= 4 is 33.5 Å². The van der Waals surface area contributed by atoms with Gasteiger partial charge < -0.3 is 15.4 Å². The molecule has 0 aliphatic rings. The molecule has 0 spiro atoms. The molecule has 0 radical (unpaired) electrons. The number of primary sulfonamides is 1. The van der Waals surface area contributed by atoms with E-state index in [1.54, 1.807) is 44.2 Å². The molecule has 2 amide bonds. The van der Waals surface area contributed by atoms with Crippen molar-refractivity contribution in [1.82, 2.24) is 5.32 Å². The molecule has 4 N–H and O–H groups in total. The van der Waals surface area contributed by atoms with E-state index < -0.39 is 40.5 Å². The average molecular weight is 433 g/mol. The monoisotopic (exact) mass is 433 g/mol. The average Bonchev–Trinajstić information content (AvgIpc) is 2.70. The number of carbonyl (C=O) groups is 3. The summed E-state index contributed by atoms with van der Waals surface area (Å²) in [6.07, 6.45) is 0. The molecule has 1 atom stereocenters. The zero-order valence-electron chi connectivity index (χ0n) is 16.5. The molecular formula is C20H23N3O6S. The van der Waals surface area contributed by atoms with Gasteiger partial charge in [-0.3, -0.25) is 9.59 Å². The lowest BCUT2D eigenvalue weighted by atomic mass is 10.0. The van der Waals surface area contributed by atoms with E-state index in [2.05, 4.69) is 10.6 Å². The molecule has 0 aromatic heterocycles. The largest absolute Gasteiger partial charge is 0.454 e. The number of rotatable bonds is 8. The summed E-state index contributed by atoms with van der Waals surface area (Å²) in [6.45, 7) is 2.91. The molecule has 0 bridgehead atoms. The number of benzene rings is 2. The van der Waals surface area contributed by atoms with Crippen molar-refractivity contribution in [2.75, 3.05) is 11.9 Å². The number of hydrogen-bond donors (Lipinski definition) is 3. The van der Waals surface area contributed by atoms with Gasteiger partial charge in [0.2, 0.25) is 10.0 Å². The molecule has 0 aliphatic heterocycles. The van der Waals surface area contributed by atoms with E-state index in [1.807, 2.05) is 0 Å². The van der Waals surface area contributed by atoms with Gasteiger partial charge in [-0.1, -0.05) is 32.0 Å². The van der Waals surface area contributed by atoms with E-state index in [0.717, 1.165) is 0 Å². The molecule has 2 rings (SSSR count). The van der Waals surface area contributed by atoms with Crippen LogP contribution in [0.25, 0.3) is 0 Å². The van der Waals surface area contributed by atoms with Crippen molar-refractivity contribution in [3.8, 4) is 0 Å². The zero-order valence-corrected chi connectivity index (χ0v) is 17.3. The molecule has 30 heavy (non-hydrogen) atoms. The van der Waals surface area contributed by atoms with Gasteiger partial charge in [0, 0.05) is 11.3 Å². The minimum Gasteiger partial charge on any atom is -0.454 e. The number of hydrogen-bond acceptors (Lipinski definition) is 6. The molecule has 0 fully saturated rings. The number of carbonyl (C=O) groups excluding carboxylic acids is 3. The third-order valence-corrected chi connectivity index (χ3v) is 4.98. The van der Waals surface area contributed by atoms with Crippen LogP contribution in [0, 0.1) is 5.92 Å². The van der Waals surface area contributed by atoms with Crippen LogP contribution >= 0.6 is 0 Å². The van der Waals surface area contributed by atoms with Crippen molar-refractivity contribution in [2.45, 2.75) is 24.8 Å². The molecule has 0 aliphatic carbocycles. The van der Waals surface area contributed by atoms with Gasteiger partial charge in [-0.15, -0.1) is 0 Å². The standard InChI is InChI=1S/C20H23N3O6S/c1-13(2)18(23-19(25)14-6-4-3-5-7-14)20(26)29-12-17(24)22-15-8-10-16(11-9-15)30(21,27)28/h3-11,13,18H,12H2,1-2H3,(H,22,24)(H,23,25)(H2,21,27,28). The lowest BCUT2D eigenvalue weighted by Gasteiger charge is -2.20. The van der Waals surface area contributed by atoms with Gasteiger partial charge in [0.05, 0.1) is 4.90 Å². The maximum Gasteiger partial charge on any atom is 0.329 e. The lowest BCUT2D eigenvalue weighted by molar-refractivity contribution is -0.150. The van der Waals surface area contributed by atoms with Crippen LogP contribution in [0.15, 0.2) is 59.5 Å². The Labute approximate surface area is 174 Å². The quantitative estimate of drug-likeness (QED) is 0.535. The minimum atomic E-state index is -3.83. The fourth-order valence-electron chi connectivity index (χ4n) is 2.46.